The highest BCUT2D eigenvalue weighted by Crippen LogP contribution is 2.38. The van der Waals surface area contributed by atoms with Gasteiger partial charge in [-0.15, -0.1) is 0 Å². The SMILES string of the molecule is N#Cc1c(C[C@H](O)CO)c(NC(=O)c2ccccc2)cc(OCc2ccccc2)c1NC(=O)c1ccccc1. The van der Waals surface area contributed by atoms with Gasteiger partial charge in [0, 0.05) is 29.3 Å². The number of carbonyl (C=O) groups is 2. The van der Waals surface area contributed by atoms with Crippen LogP contribution in [0.4, 0.5) is 11.4 Å². The fourth-order valence-electron chi connectivity index (χ4n) is 3.98. The number of benzene rings is 4. The molecule has 0 aliphatic rings. The van der Waals surface area contributed by atoms with Crippen LogP contribution < -0.4 is 15.4 Å². The van der Waals surface area contributed by atoms with Crippen LogP contribution in [-0.2, 0) is 13.0 Å². The molecule has 0 fully saturated rings. The molecule has 0 saturated carbocycles. The quantitative estimate of drug-likeness (QED) is 0.242. The number of aliphatic hydroxyl groups is 2. The highest BCUT2D eigenvalue weighted by Gasteiger charge is 2.24. The van der Waals surface area contributed by atoms with E-state index in [1.165, 1.54) is 6.07 Å². The maximum atomic E-state index is 13.1. The van der Waals surface area contributed by atoms with Crippen LogP contribution >= 0.6 is 0 Å². The third kappa shape index (κ3) is 6.87. The normalized spacial score (nSPS) is 11.2. The first kappa shape index (κ1) is 27.1. The van der Waals surface area contributed by atoms with E-state index in [0.29, 0.717) is 11.1 Å². The molecule has 0 aliphatic heterocycles. The Balaban J connectivity index is 1.82. The molecule has 0 saturated heterocycles. The second-order valence-corrected chi connectivity index (χ2v) is 8.72. The third-order valence-corrected chi connectivity index (χ3v) is 5.96. The predicted molar refractivity (Wildman–Crippen MR) is 148 cm³/mol. The van der Waals surface area contributed by atoms with Crippen molar-refractivity contribution >= 4 is 23.2 Å². The molecule has 8 nitrogen and oxygen atoms in total. The fourth-order valence-corrected chi connectivity index (χ4v) is 3.98. The molecule has 0 radical (unpaired) electrons. The van der Waals surface area contributed by atoms with Crippen molar-refractivity contribution in [2.45, 2.75) is 19.1 Å². The molecule has 0 unspecified atom stereocenters. The van der Waals surface area contributed by atoms with Crippen LogP contribution in [0.15, 0.2) is 97.1 Å². The first-order valence-corrected chi connectivity index (χ1v) is 12.3. The van der Waals surface area contributed by atoms with Gasteiger partial charge in [0.15, 0.2) is 0 Å². The van der Waals surface area contributed by atoms with Gasteiger partial charge in [-0.25, -0.2) is 0 Å². The Bertz CT molecular complexity index is 1470. The number of nitrogens with one attached hydrogen (secondary N) is 2. The Morgan fingerprint density at radius 1 is 0.846 bits per heavy atom. The van der Waals surface area contributed by atoms with Gasteiger partial charge >= 0.3 is 0 Å². The summed E-state index contributed by atoms with van der Waals surface area (Å²) in [6.07, 6.45) is -1.37. The highest BCUT2D eigenvalue weighted by atomic mass is 16.5. The van der Waals surface area contributed by atoms with Crippen LogP contribution in [-0.4, -0.2) is 34.7 Å². The molecule has 0 aliphatic carbocycles. The summed E-state index contributed by atoms with van der Waals surface area (Å²) in [4.78, 5) is 26.2. The Morgan fingerprint density at radius 2 is 1.38 bits per heavy atom. The zero-order chi connectivity index (χ0) is 27.6. The lowest BCUT2D eigenvalue weighted by Crippen LogP contribution is -2.21. The zero-order valence-corrected chi connectivity index (χ0v) is 21.0. The summed E-state index contributed by atoms with van der Waals surface area (Å²) in [5.74, 6) is -0.744. The number of carbonyl (C=O) groups excluding carboxylic acids is 2. The van der Waals surface area contributed by atoms with E-state index in [-0.39, 0.29) is 41.3 Å². The Morgan fingerprint density at radius 3 is 1.92 bits per heavy atom. The molecule has 39 heavy (non-hydrogen) atoms. The molecule has 196 valence electrons. The topological polar surface area (TPSA) is 132 Å². The van der Waals surface area contributed by atoms with E-state index in [1.54, 1.807) is 60.7 Å². The second kappa shape index (κ2) is 13.0. The van der Waals surface area contributed by atoms with Crippen molar-refractivity contribution in [1.82, 2.24) is 0 Å². The van der Waals surface area contributed by atoms with E-state index >= 15 is 0 Å². The van der Waals surface area contributed by atoms with Crippen LogP contribution in [0.2, 0.25) is 0 Å². The van der Waals surface area contributed by atoms with Crippen molar-refractivity contribution in [3.8, 4) is 11.8 Å². The van der Waals surface area contributed by atoms with Gasteiger partial charge in [-0.05, 0) is 35.4 Å². The number of nitrogens with zero attached hydrogens (tertiary/aromatic N) is 1. The van der Waals surface area contributed by atoms with Gasteiger partial charge in [0.2, 0.25) is 0 Å². The molecule has 0 aromatic heterocycles. The monoisotopic (exact) mass is 521 g/mol. The van der Waals surface area contributed by atoms with Gasteiger partial charge in [-0.3, -0.25) is 9.59 Å². The van der Waals surface area contributed by atoms with Crippen LogP contribution in [0.1, 0.15) is 37.4 Å². The largest absolute Gasteiger partial charge is 0.487 e. The van der Waals surface area contributed by atoms with Gasteiger partial charge in [-0.2, -0.15) is 5.26 Å². The molecule has 2 amide bonds. The number of anilines is 2. The highest BCUT2D eigenvalue weighted by molar-refractivity contribution is 6.08. The summed E-state index contributed by atoms with van der Waals surface area (Å²) in [6, 6.07) is 30.0. The molecule has 0 heterocycles. The standard InChI is InChI=1S/C31H27N3O5/c32-18-26-25(16-24(36)19-35)27(33-30(37)22-12-6-2-7-13-22)17-28(39-20-21-10-4-1-5-11-21)29(26)34-31(38)23-14-8-3-9-15-23/h1-15,17,24,35-36H,16,19-20H2,(H,33,37)(H,34,38)/t24-/m0/s1. The van der Waals surface area contributed by atoms with E-state index in [9.17, 15) is 25.1 Å². The summed E-state index contributed by atoms with van der Waals surface area (Å²) in [5, 5.41) is 35.6. The molecule has 4 rings (SSSR count). The number of aliphatic hydroxyl groups excluding tert-OH is 2. The van der Waals surface area contributed by atoms with Crippen LogP contribution in [0, 0.1) is 11.3 Å². The summed E-state index contributed by atoms with van der Waals surface area (Å²) in [5.41, 5.74) is 2.17. The third-order valence-electron chi connectivity index (χ3n) is 5.96. The molecule has 4 N–H and O–H groups in total. The molecule has 1 atom stereocenters. The van der Waals surface area contributed by atoms with E-state index < -0.39 is 24.5 Å². The lowest BCUT2D eigenvalue weighted by atomic mass is 9.97. The van der Waals surface area contributed by atoms with Crippen molar-refractivity contribution in [3.05, 3.63) is 125 Å². The van der Waals surface area contributed by atoms with Crippen LogP contribution in [0.3, 0.4) is 0 Å². The van der Waals surface area contributed by atoms with Gasteiger partial charge in [0.05, 0.1) is 18.3 Å². The molecular formula is C31H27N3O5. The summed E-state index contributed by atoms with van der Waals surface area (Å²) >= 11 is 0. The van der Waals surface area contributed by atoms with Gasteiger partial charge in [0.1, 0.15) is 24.1 Å². The molecular weight excluding hydrogens is 494 g/mol. The number of rotatable bonds is 10. The average molecular weight is 522 g/mol. The molecule has 4 aromatic carbocycles. The van der Waals surface area contributed by atoms with E-state index in [2.05, 4.69) is 16.7 Å². The number of hydrogen-bond donors (Lipinski definition) is 4. The minimum atomic E-state index is -1.21. The van der Waals surface area contributed by atoms with Gasteiger partial charge < -0.3 is 25.6 Å². The summed E-state index contributed by atoms with van der Waals surface area (Å²) < 4.78 is 6.09. The fraction of sp³-hybridized carbons (Fsp3) is 0.129. The Labute approximate surface area is 226 Å². The minimum absolute atomic E-state index is 0.000652. The van der Waals surface area contributed by atoms with Crippen molar-refractivity contribution in [2.75, 3.05) is 17.2 Å². The lowest BCUT2D eigenvalue weighted by molar-refractivity contribution is 0.0953. The van der Waals surface area contributed by atoms with Crippen molar-refractivity contribution in [1.29, 1.82) is 5.26 Å². The van der Waals surface area contributed by atoms with E-state index in [4.69, 9.17) is 4.74 Å². The Hall–Kier alpha value is -4.97. The number of nitriles is 1. The Kier molecular flexibility index (Phi) is 9.03. The summed E-state index contributed by atoms with van der Waals surface area (Å²) in [7, 11) is 0. The van der Waals surface area contributed by atoms with Crippen molar-refractivity contribution in [2.24, 2.45) is 0 Å². The summed E-state index contributed by atoms with van der Waals surface area (Å²) in [6.45, 7) is -0.431. The molecule has 0 bridgehead atoms. The van der Waals surface area contributed by atoms with Gasteiger partial charge in [-0.1, -0.05) is 66.7 Å². The van der Waals surface area contributed by atoms with Crippen molar-refractivity contribution in [3.63, 3.8) is 0 Å². The van der Waals surface area contributed by atoms with Crippen molar-refractivity contribution < 1.29 is 24.5 Å². The first-order valence-electron chi connectivity index (χ1n) is 12.3. The molecule has 4 aromatic rings. The number of hydrogen-bond acceptors (Lipinski definition) is 6. The second-order valence-electron chi connectivity index (χ2n) is 8.72. The lowest BCUT2D eigenvalue weighted by Gasteiger charge is -2.21. The zero-order valence-electron chi connectivity index (χ0n) is 21.0. The maximum absolute atomic E-state index is 13.1. The van der Waals surface area contributed by atoms with E-state index in [0.717, 1.165) is 5.56 Å². The van der Waals surface area contributed by atoms with Crippen LogP contribution in [0.25, 0.3) is 0 Å². The average Bonchev–Trinajstić information content (AvgIpc) is 2.98. The first-order chi connectivity index (χ1) is 19.0. The molecule has 8 heteroatoms. The number of ether oxygens (including phenoxy) is 1. The molecule has 0 spiro atoms. The minimum Gasteiger partial charge on any atom is -0.487 e. The predicted octanol–water partition coefficient (Wildman–Crippen LogP) is 4.54. The van der Waals surface area contributed by atoms with Crippen LogP contribution in [0.5, 0.6) is 5.75 Å². The van der Waals surface area contributed by atoms with Gasteiger partial charge in [0.25, 0.3) is 11.8 Å². The number of amides is 2. The van der Waals surface area contributed by atoms with E-state index in [1.807, 2.05) is 30.3 Å². The smallest absolute Gasteiger partial charge is 0.255 e. The maximum Gasteiger partial charge on any atom is 0.255 e.